The van der Waals surface area contributed by atoms with Crippen LogP contribution in [0.15, 0.2) is 24.3 Å². The van der Waals surface area contributed by atoms with Crippen LogP contribution in [-0.2, 0) is 11.2 Å². The summed E-state index contributed by atoms with van der Waals surface area (Å²) in [6.45, 7) is -0.732. The number of rotatable bonds is 3. The summed E-state index contributed by atoms with van der Waals surface area (Å²) in [5, 5.41) is 9.21. The Hall–Kier alpha value is -2.18. The Balaban J connectivity index is 2.31. The second kappa shape index (κ2) is 5.44. The van der Waals surface area contributed by atoms with E-state index >= 15 is 0 Å². The lowest BCUT2D eigenvalue weighted by molar-refractivity contribution is -0.138. The summed E-state index contributed by atoms with van der Waals surface area (Å²) in [5.74, 6) is -1.15. The van der Waals surface area contributed by atoms with E-state index in [0.717, 1.165) is 15.4 Å². The van der Waals surface area contributed by atoms with Crippen LogP contribution in [0, 0.1) is 0 Å². The van der Waals surface area contributed by atoms with Crippen molar-refractivity contribution in [2.75, 3.05) is 18.5 Å². The third-order valence-electron chi connectivity index (χ3n) is 3.21. The van der Waals surface area contributed by atoms with E-state index in [4.69, 9.17) is 0 Å². The number of alkyl halides is 2. The largest absolute Gasteiger partial charge is 0.480 e. The average molecular weight is 284 g/mol. The van der Waals surface area contributed by atoms with Crippen molar-refractivity contribution in [2.24, 2.45) is 0 Å². The molecule has 0 saturated heterocycles. The Labute approximate surface area is 114 Å². The number of aliphatic carboxylic acids is 1. The number of para-hydroxylation sites is 1. The van der Waals surface area contributed by atoms with Gasteiger partial charge in [0.25, 0.3) is 6.43 Å². The maximum atomic E-state index is 12.4. The van der Waals surface area contributed by atoms with Gasteiger partial charge in [0, 0.05) is 19.2 Å². The second-order valence-electron chi connectivity index (χ2n) is 4.61. The minimum Gasteiger partial charge on any atom is -0.480 e. The molecule has 1 aromatic rings. The minimum absolute atomic E-state index is 0.180. The van der Waals surface area contributed by atoms with Gasteiger partial charge >= 0.3 is 12.0 Å². The van der Waals surface area contributed by atoms with Crippen LogP contribution in [0.1, 0.15) is 5.56 Å². The van der Waals surface area contributed by atoms with E-state index in [2.05, 4.69) is 0 Å². The Morgan fingerprint density at radius 2 is 2.10 bits per heavy atom. The van der Waals surface area contributed by atoms with Crippen LogP contribution >= 0.6 is 0 Å². The molecule has 1 unspecified atom stereocenters. The van der Waals surface area contributed by atoms with Gasteiger partial charge in [-0.05, 0) is 11.6 Å². The molecule has 0 radical (unpaired) electrons. The molecular formula is C13H14F2N2O3. The molecule has 2 amide bonds. The third kappa shape index (κ3) is 2.56. The first-order valence-electron chi connectivity index (χ1n) is 6.05. The highest BCUT2D eigenvalue weighted by molar-refractivity contribution is 6.00. The van der Waals surface area contributed by atoms with Crippen molar-refractivity contribution in [1.82, 2.24) is 4.90 Å². The zero-order chi connectivity index (χ0) is 14.9. The van der Waals surface area contributed by atoms with Crippen LogP contribution in [0.3, 0.4) is 0 Å². The fourth-order valence-corrected chi connectivity index (χ4v) is 2.29. The van der Waals surface area contributed by atoms with E-state index in [-0.39, 0.29) is 6.42 Å². The topological polar surface area (TPSA) is 60.9 Å². The summed E-state index contributed by atoms with van der Waals surface area (Å²) in [7, 11) is 1.23. The lowest BCUT2D eigenvalue weighted by atomic mass is 10.1. The molecule has 0 aliphatic carbocycles. The molecule has 0 saturated carbocycles. The molecular weight excluding hydrogens is 270 g/mol. The van der Waals surface area contributed by atoms with Crippen molar-refractivity contribution in [2.45, 2.75) is 18.9 Å². The zero-order valence-corrected chi connectivity index (χ0v) is 10.8. The first-order chi connectivity index (χ1) is 9.41. The molecule has 1 N–H and O–H groups in total. The average Bonchev–Trinajstić information content (AvgIpc) is 2.76. The first kappa shape index (κ1) is 14.2. The van der Waals surface area contributed by atoms with Gasteiger partial charge in [-0.15, -0.1) is 0 Å². The summed E-state index contributed by atoms with van der Waals surface area (Å²) in [6.07, 6.45) is -2.48. The second-order valence-corrected chi connectivity index (χ2v) is 4.61. The van der Waals surface area contributed by atoms with E-state index in [1.807, 2.05) is 0 Å². The van der Waals surface area contributed by atoms with Gasteiger partial charge in [0.1, 0.15) is 6.04 Å². The first-order valence-corrected chi connectivity index (χ1v) is 6.05. The van der Waals surface area contributed by atoms with Gasteiger partial charge < -0.3 is 10.0 Å². The number of hydrogen-bond donors (Lipinski definition) is 1. The van der Waals surface area contributed by atoms with Crippen LogP contribution in [0.4, 0.5) is 19.3 Å². The SMILES string of the molecule is CN(CC(F)F)C(=O)N1c2ccccc2CC1C(=O)O. The number of fused-ring (bicyclic) bond motifs is 1. The van der Waals surface area contributed by atoms with Gasteiger partial charge in [-0.25, -0.2) is 18.4 Å². The lowest BCUT2D eigenvalue weighted by Crippen LogP contribution is -2.49. The molecule has 1 atom stereocenters. The van der Waals surface area contributed by atoms with Gasteiger partial charge in [0.15, 0.2) is 0 Å². The summed E-state index contributed by atoms with van der Waals surface area (Å²) in [4.78, 5) is 25.4. The van der Waals surface area contributed by atoms with Crippen LogP contribution in [0.5, 0.6) is 0 Å². The molecule has 1 aliphatic heterocycles. The number of halogens is 2. The molecule has 7 heteroatoms. The molecule has 20 heavy (non-hydrogen) atoms. The molecule has 5 nitrogen and oxygen atoms in total. The molecule has 0 fully saturated rings. The maximum absolute atomic E-state index is 12.4. The molecule has 1 aliphatic rings. The van der Waals surface area contributed by atoms with Crippen molar-refractivity contribution < 1.29 is 23.5 Å². The number of nitrogens with zero attached hydrogens (tertiary/aromatic N) is 2. The summed E-state index contributed by atoms with van der Waals surface area (Å²) < 4.78 is 24.7. The molecule has 1 heterocycles. The lowest BCUT2D eigenvalue weighted by Gasteiger charge is -2.28. The highest BCUT2D eigenvalue weighted by Crippen LogP contribution is 2.32. The van der Waals surface area contributed by atoms with Gasteiger partial charge in [0.05, 0.1) is 6.54 Å². The highest BCUT2D eigenvalue weighted by Gasteiger charge is 2.39. The van der Waals surface area contributed by atoms with Crippen LogP contribution in [-0.4, -0.2) is 48.1 Å². The van der Waals surface area contributed by atoms with Crippen molar-refractivity contribution in [3.63, 3.8) is 0 Å². The number of carbonyl (C=O) groups excluding carboxylic acids is 1. The monoisotopic (exact) mass is 284 g/mol. The van der Waals surface area contributed by atoms with Crippen molar-refractivity contribution in [3.8, 4) is 0 Å². The fraction of sp³-hybridized carbons (Fsp3) is 0.385. The van der Waals surface area contributed by atoms with E-state index < -0.39 is 31.0 Å². The molecule has 108 valence electrons. The molecule has 0 bridgehead atoms. The summed E-state index contributed by atoms with van der Waals surface area (Å²) in [5.41, 5.74) is 1.18. The van der Waals surface area contributed by atoms with Crippen LogP contribution in [0.2, 0.25) is 0 Å². The van der Waals surface area contributed by atoms with Gasteiger partial charge in [-0.2, -0.15) is 0 Å². The smallest absolute Gasteiger partial charge is 0.327 e. The van der Waals surface area contributed by atoms with Crippen molar-refractivity contribution in [1.29, 1.82) is 0 Å². The normalized spacial score (nSPS) is 17.2. The third-order valence-corrected chi connectivity index (χ3v) is 3.21. The highest BCUT2D eigenvalue weighted by atomic mass is 19.3. The number of benzene rings is 1. The summed E-state index contributed by atoms with van der Waals surface area (Å²) in [6, 6.07) is 4.98. The van der Waals surface area contributed by atoms with E-state index in [1.165, 1.54) is 7.05 Å². The Kier molecular flexibility index (Phi) is 3.87. The van der Waals surface area contributed by atoms with Crippen LogP contribution < -0.4 is 4.90 Å². The van der Waals surface area contributed by atoms with Gasteiger partial charge in [-0.1, -0.05) is 18.2 Å². The standard InChI is InChI=1S/C13H14F2N2O3/c1-16(7-11(14)15)13(20)17-9-5-3-2-4-8(9)6-10(17)12(18)19/h2-5,10-11H,6-7H2,1H3,(H,18,19). The Bertz CT molecular complexity index is 536. The fourth-order valence-electron chi connectivity index (χ4n) is 2.29. The number of urea groups is 1. The number of carboxylic acid groups (broad SMARTS) is 1. The molecule has 0 aromatic heterocycles. The predicted molar refractivity (Wildman–Crippen MR) is 68.1 cm³/mol. The predicted octanol–water partition coefficient (Wildman–Crippen LogP) is 1.82. The number of amides is 2. The zero-order valence-electron chi connectivity index (χ0n) is 10.8. The van der Waals surface area contributed by atoms with Crippen LogP contribution in [0.25, 0.3) is 0 Å². The number of carboxylic acids is 1. The van der Waals surface area contributed by atoms with Gasteiger partial charge in [0.2, 0.25) is 0 Å². The van der Waals surface area contributed by atoms with E-state index in [0.29, 0.717) is 5.69 Å². The Morgan fingerprint density at radius 3 is 2.70 bits per heavy atom. The number of hydrogen-bond acceptors (Lipinski definition) is 2. The minimum atomic E-state index is -2.66. The number of carbonyl (C=O) groups is 2. The van der Waals surface area contributed by atoms with Crippen molar-refractivity contribution >= 4 is 17.7 Å². The quantitative estimate of drug-likeness (QED) is 0.921. The van der Waals surface area contributed by atoms with E-state index in [1.54, 1.807) is 24.3 Å². The van der Waals surface area contributed by atoms with E-state index in [9.17, 15) is 23.5 Å². The summed E-state index contributed by atoms with van der Waals surface area (Å²) >= 11 is 0. The molecule has 0 spiro atoms. The van der Waals surface area contributed by atoms with Crippen molar-refractivity contribution in [3.05, 3.63) is 29.8 Å². The number of anilines is 1. The maximum Gasteiger partial charge on any atom is 0.327 e. The Morgan fingerprint density at radius 1 is 1.45 bits per heavy atom. The van der Waals surface area contributed by atoms with Gasteiger partial charge in [-0.3, -0.25) is 4.90 Å². The molecule has 1 aromatic carbocycles. The molecule has 2 rings (SSSR count).